The van der Waals surface area contributed by atoms with Gasteiger partial charge in [0.25, 0.3) is 5.91 Å². The third kappa shape index (κ3) is 3.30. The molecule has 5 nitrogen and oxygen atoms in total. The van der Waals surface area contributed by atoms with Crippen molar-refractivity contribution in [2.24, 2.45) is 0 Å². The molecule has 1 N–H and O–H groups in total. The van der Waals surface area contributed by atoms with Crippen molar-refractivity contribution < 1.29 is 14.7 Å². The Balaban J connectivity index is 1.90. The van der Waals surface area contributed by atoms with Crippen LogP contribution in [-0.4, -0.2) is 33.4 Å². The maximum absolute atomic E-state index is 12.9. The molecule has 1 aliphatic heterocycles. The summed E-state index contributed by atoms with van der Waals surface area (Å²) in [5.74, 6) is -1.26. The van der Waals surface area contributed by atoms with Crippen LogP contribution in [0.1, 0.15) is 57.3 Å². The SMILES string of the molecule is Cc1ccc(C2CCCCN2C(=O)c2ccnc(C(=O)O)c2)cc1. The average molecular weight is 324 g/mol. The van der Waals surface area contributed by atoms with Crippen molar-refractivity contribution in [3.8, 4) is 0 Å². The molecule has 0 aliphatic carbocycles. The highest BCUT2D eigenvalue weighted by molar-refractivity contribution is 5.97. The van der Waals surface area contributed by atoms with E-state index in [2.05, 4.69) is 29.2 Å². The van der Waals surface area contributed by atoms with Crippen LogP contribution in [0.3, 0.4) is 0 Å². The minimum atomic E-state index is -1.13. The van der Waals surface area contributed by atoms with E-state index in [9.17, 15) is 9.59 Å². The van der Waals surface area contributed by atoms with Gasteiger partial charge in [0.2, 0.25) is 0 Å². The number of carbonyl (C=O) groups is 2. The van der Waals surface area contributed by atoms with Gasteiger partial charge in [0.15, 0.2) is 0 Å². The van der Waals surface area contributed by atoms with E-state index >= 15 is 0 Å². The molecule has 1 fully saturated rings. The highest BCUT2D eigenvalue weighted by Gasteiger charge is 2.29. The minimum absolute atomic E-state index is 0.0355. The first-order valence-corrected chi connectivity index (χ1v) is 8.13. The molecule has 5 heteroatoms. The second kappa shape index (κ2) is 6.83. The van der Waals surface area contributed by atoms with E-state index in [0.29, 0.717) is 12.1 Å². The Morgan fingerprint density at radius 3 is 2.62 bits per heavy atom. The molecule has 0 saturated carbocycles. The van der Waals surface area contributed by atoms with Crippen LogP contribution in [0.25, 0.3) is 0 Å². The molecule has 0 bridgehead atoms. The van der Waals surface area contributed by atoms with Crippen LogP contribution in [0.5, 0.6) is 0 Å². The molecule has 1 unspecified atom stereocenters. The number of nitrogens with zero attached hydrogens (tertiary/aromatic N) is 2. The number of hydrogen-bond donors (Lipinski definition) is 1. The number of aromatic nitrogens is 1. The van der Waals surface area contributed by atoms with Crippen molar-refractivity contribution in [2.45, 2.75) is 32.2 Å². The van der Waals surface area contributed by atoms with E-state index in [-0.39, 0.29) is 17.6 Å². The lowest BCUT2D eigenvalue weighted by molar-refractivity contribution is 0.0611. The number of hydrogen-bond acceptors (Lipinski definition) is 3. The van der Waals surface area contributed by atoms with E-state index in [4.69, 9.17) is 5.11 Å². The number of amides is 1. The van der Waals surface area contributed by atoms with Gasteiger partial charge in [-0.3, -0.25) is 4.79 Å². The second-order valence-corrected chi connectivity index (χ2v) is 6.16. The fourth-order valence-corrected chi connectivity index (χ4v) is 3.16. The molecular formula is C19H20N2O3. The van der Waals surface area contributed by atoms with Crippen molar-refractivity contribution in [2.75, 3.05) is 6.54 Å². The number of likely N-dealkylation sites (tertiary alicyclic amines) is 1. The van der Waals surface area contributed by atoms with Crippen LogP contribution in [0.4, 0.5) is 0 Å². The lowest BCUT2D eigenvalue weighted by Crippen LogP contribution is -2.38. The summed E-state index contributed by atoms with van der Waals surface area (Å²) in [5, 5.41) is 9.07. The summed E-state index contributed by atoms with van der Waals surface area (Å²) in [6.45, 7) is 2.72. The number of rotatable bonds is 3. The van der Waals surface area contributed by atoms with Crippen LogP contribution in [-0.2, 0) is 0 Å². The lowest BCUT2D eigenvalue weighted by Gasteiger charge is -2.36. The summed E-state index contributed by atoms with van der Waals surface area (Å²) in [7, 11) is 0. The zero-order valence-corrected chi connectivity index (χ0v) is 13.6. The molecule has 1 amide bonds. The number of pyridine rings is 1. The van der Waals surface area contributed by atoms with Gasteiger partial charge in [-0.25, -0.2) is 9.78 Å². The third-order valence-electron chi connectivity index (χ3n) is 4.45. The topological polar surface area (TPSA) is 70.5 Å². The predicted octanol–water partition coefficient (Wildman–Crippen LogP) is 3.46. The van der Waals surface area contributed by atoms with Crippen LogP contribution in [0.15, 0.2) is 42.6 Å². The molecule has 0 spiro atoms. The largest absolute Gasteiger partial charge is 0.477 e. The molecule has 124 valence electrons. The second-order valence-electron chi connectivity index (χ2n) is 6.16. The molecule has 1 aromatic carbocycles. The molecule has 1 atom stereocenters. The molecule has 1 aliphatic rings. The van der Waals surface area contributed by atoms with E-state index in [1.165, 1.54) is 17.8 Å². The summed E-state index contributed by atoms with van der Waals surface area (Å²) in [6.07, 6.45) is 4.34. The summed E-state index contributed by atoms with van der Waals surface area (Å²) < 4.78 is 0. The zero-order valence-electron chi connectivity index (χ0n) is 13.6. The normalized spacial score (nSPS) is 17.5. The number of piperidine rings is 1. The Bertz CT molecular complexity index is 755. The third-order valence-corrected chi connectivity index (χ3v) is 4.45. The predicted molar refractivity (Wildman–Crippen MR) is 90.0 cm³/mol. The fraction of sp³-hybridized carbons (Fsp3) is 0.316. The first-order chi connectivity index (χ1) is 11.6. The molecule has 1 aromatic heterocycles. The number of aryl methyl sites for hydroxylation is 1. The average Bonchev–Trinajstić information content (AvgIpc) is 2.62. The van der Waals surface area contributed by atoms with Crippen molar-refractivity contribution in [1.29, 1.82) is 0 Å². The maximum Gasteiger partial charge on any atom is 0.354 e. The van der Waals surface area contributed by atoms with Gasteiger partial charge in [0.1, 0.15) is 5.69 Å². The Labute approximate surface area is 140 Å². The van der Waals surface area contributed by atoms with Gasteiger partial charge in [0, 0.05) is 18.3 Å². The maximum atomic E-state index is 12.9. The molecule has 24 heavy (non-hydrogen) atoms. The van der Waals surface area contributed by atoms with Gasteiger partial charge >= 0.3 is 5.97 Å². The number of carboxylic acid groups (broad SMARTS) is 1. The number of benzene rings is 1. The number of aromatic carboxylic acids is 1. The molecule has 3 rings (SSSR count). The summed E-state index contributed by atoms with van der Waals surface area (Å²) in [5.41, 5.74) is 2.58. The van der Waals surface area contributed by atoms with Gasteiger partial charge in [-0.05, 0) is 43.9 Å². The van der Waals surface area contributed by atoms with Crippen molar-refractivity contribution in [1.82, 2.24) is 9.88 Å². The van der Waals surface area contributed by atoms with Crippen molar-refractivity contribution in [3.05, 3.63) is 65.0 Å². The summed E-state index contributed by atoms with van der Waals surface area (Å²) >= 11 is 0. The smallest absolute Gasteiger partial charge is 0.354 e. The minimum Gasteiger partial charge on any atom is -0.477 e. The molecule has 1 saturated heterocycles. The lowest BCUT2D eigenvalue weighted by atomic mass is 9.94. The van der Waals surface area contributed by atoms with Gasteiger partial charge < -0.3 is 10.0 Å². The van der Waals surface area contributed by atoms with Gasteiger partial charge in [0.05, 0.1) is 6.04 Å². The van der Waals surface area contributed by atoms with Crippen LogP contribution in [0, 0.1) is 6.92 Å². The molecule has 2 heterocycles. The first-order valence-electron chi connectivity index (χ1n) is 8.13. The molecule has 2 aromatic rings. The highest BCUT2D eigenvalue weighted by atomic mass is 16.4. The Morgan fingerprint density at radius 2 is 1.92 bits per heavy atom. The summed E-state index contributed by atoms with van der Waals surface area (Å²) in [6, 6.07) is 11.2. The standard InChI is InChI=1S/C19H20N2O3/c1-13-5-7-14(8-6-13)17-4-2-3-11-21(17)18(22)15-9-10-20-16(12-15)19(23)24/h5-10,12,17H,2-4,11H2,1H3,(H,23,24). The van der Waals surface area contributed by atoms with Crippen molar-refractivity contribution in [3.63, 3.8) is 0 Å². The Morgan fingerprint density at radius 1 is 1.17 bits per heavy atom. The van der Waals surface area contributed by atoms with Crippen LogP contribution >= 0.6 is 0 Å². The first kappa shape index (κ1) is 16.2. The van der Waals surface area contributed by atoms with Crippen LogP contribution in [0.2, 0.25) is 0 Å². The Kier molecular flexibility index (Phi) is 4.60. The molecular weight excluding hydrogens is 304 g/mol. The number of carboxylic acids is 1. The fourth-order valence-electron chi connectivity index (χ4n) is 3.16. The summed E-state index contributed by atoms with van der Waals surface area (Å²) in [4.78, 5) is 29.7. The highest BCUT2D eigenvalue weighted by Crippen LogP contribution is 2.32. The zero-order chi connectivity index (χ0) is 17.1. The van der Waals surface area contributed by atoms with E-state index < -0.39 is 5.97 Å². The van der Waals surface area contributed by atoms with Crippen molar-refractivity contribution >= 4 is 11.9 Å². The van der Waals surface area contributed by atoms with Gasteiger partial charge in [-0.2, -0.15) is 0 Å². The molecule has 0 radical (unpaired) electrons. The number of carbonyl (C=O) groups excluding carboxylic acids is 1. The van der Waals surface area contributed by atoms with Gasteiger partial charge in [-0.15, -0.1) is 0 Å². The quantitative estimate of drug-likeness (QED) is 0.938. The van der Waals surface area contributed by atoms with Gasteiger partial charge in [-0.1, -0.05) is 29.8 Å². The van der Waals surface area contributed by atoms with Crippen LogP contribution < -0.4 is 0 Å². The van der Waals surface area contributed by atoms with E-state index in [1.807, 2.05) is 11.8 Å². The van der Waals surface area contributed by atoms with E-state index in [1.54, 1.807) is 6.07 Å². The monoisotopic (exact) mass is 324 g/mol. The van der Waals surface area contributed by atoms with E-state index in [0.717, 1.165) is 24.8 Å². The Hall–Kier alpha value is -2.69.